The largest absolute Gasteiger partial charge is 0.508 e. The van der Waals surface area contributed by atoms with Gasteiger partial charge in [0.25, 0.3) is 0 Å². The van der Waals surface area contributed by atoms with E-state index in [2.05, 4.69) is 30.7 Å². The van der Waals surface area contributed by atoms with Crippen molar-refractivity contribution in [3.63, 3.8) is 0 Å². The fourth-order valence-electron chi connectivity index (χ4n) is 12.6. The molecule has 5 aliphatic rings. The quantitative estimate of drug-likeness (QED) is 0.0588. The van der Waals surface area contributed by atoms with Crippen molar-refractivity contribution in [3.05, 3.63) is 108 Å². The molecule has 2 bridgehead atoms. The predicted molar refractivity (Wildman–Crippen MR) is 302 cm³/mol. The topological polar surface area (TPSA) is 195 Å². The summed E-state index contributed by atoms with van der Waals surface area (Å²) in [6.07, 6.45) is 6.17. The lowest BCUT2D eigenvalue weighted by Gasteiger charge is -2.36. The molecule has 0 radical (unpaired) electrons. The number of β-amino-alcohol motifs (C(OH)–C–C–N with tert-alkyl or cyclic N) is 1. The Labute approximate surface area is 469 Å². The number of nitrogens with zero attached hydrogens (tertiary/aromatic N) is 6. The van der Waals surface area contributed by atoms with Crippen LogP contribution < -0.4 is 25.6 Å². The number of likely N-dealkylation sites (tertiary alicyclic amines) is 2. The number of ether oxygens (including phenoxy) is 2. The molecule has 1 saturated carbocycles. The molecule has 1 aliphatic carbocycles. The minimum Gasteiger partial charge on any atom is -0.508 e. The maximum atomic E-state index is 17.3. The third kappa shape index (κ3) is 11.9. The van der Waals surface area contributed by atoms with Gasteiger partial charge in [0, 0.05) is 74.0 Å². The number of phenols is 1. The molecule has 0 spiro atoms. The van der Waals surface area contributed by atoms with E-state index in [0.29, 0.717) is 71.3 Å². The maximum Gasteiger partial charge on any atom is 0.319 e. The summed E-state index contributed by atoms with van der Waals surface area (Å²) in [6, 6.07) is 17.7. The fourth-order valence-corrected chi connectivity index (χ4v) is 12.6. The van der Waals surface area contributed by atoms with E-state index in [9.17, 15) is 29.0 Å². The highest BCUT2D eigenvalue weighted by Crippen LogP contribution is 2.47. The van der Waals surface area contributed by atoms with Crippen molar-refractivity contribution in [2.45, 2.75) is 128 Å². The third-order valence-corrected chi connectivity index (χ3v) is 17.1. The van der Waals surface area contributed by atoms with Crippen molar-refractivity contribution < 1.29 is 47.2 Å². The predicted octanol–water partition coefficient (Wildman–Crippen LogP) is 8.15. The number of pyridine rings is 1. The average molecular weight is 1110 g/mol. The molecular formula is C62H72F3N9O7. The van der Waals surface area contributed by atoms with E-state index in [0.717, 1.165) is 50.6 Å². The minimum atomic E-state index is -1.03. The number of piperazine rings is 1. The molecule has 4 saturated heterocycles. The first kappa shape index (κ1) is 56.0. The normalized spacial score (nSPS) is 22.5. The van der Waals surface area contributed by atoms with Crippen LogP contribution >= 0.6 is 0 Å². The van der Waals surface area contributed by atoms with Gasteiger partial charge in [0.2, 0.25) is 17.7 Å². The number of aliphatic hydroxyl groups excluding tert-OH is 1. The van der Waals surface area contributed by atoms with Crippen LogP contribution in [0.3, 0.4) is 0 Å². The molecule has 3 amide bonds. The highest BCUT2D eigenvalue weighted by Gasteiger charge is 2.47. The monoisotopic (exact) mass is 1110 g/mol. The third-order valence-electron chi connectivity index (χ3n) is 17.1. The number of phenolic OH excluding ortho intramolecular Hbond substituents is 1. The van der Waals surface area contributed by atoms with Gasteiger partial charge in [-0.25, -0.2) is 13.2 Å². The molecule has 6 heterocycles. The first-order chi connectivity index (χ1) is 38.8. The van der Waals surface area contributed by atoms with E-state index < -0.39 is 59.0 Å². The van der Waals surface area contributed by atoms with Crippen LogP contribution in [0.2, 0.25) is 0 Å². The van der Waals surface area contributed by atoms with Gasteiger partial charge in [-0.2, -0.15) is 9.97 Å². The minimum absolute atomic E-state index is 0.0237. The number of aryl methyl sites for hydroxylation is 1. The van der Waals surface area contributed by atoms with Crippen molar-refractivity contribution in [2.24, 2.45) is 10.8 Å². The van der Waals surface area contributed by atoms with Crippen LogP contribution in [0.15, 0.2) is 79.0 Å². The number of rotatable bonds is 17. The van der Waals surface area contributed by atoms with Gasteiger partial charge in [-0.1, -0.05) is 76.2 Å². The van der Waals surface area contributed by atoms with Crippen LogP contribution in [0.25, 0.3) is 44.1 Å². The molecule has 5 N–H and O–H groups in total. The van der Waals surface area contributed by atoms with E-state index in [4.69, 9.17) is 19.4 Å². The SMILES string of the molecule is CCc1c(F)ccc2cc(O)cc(-c3ncc4c(N5CC6CCC(C5)N6)nc(OCC5(CN6CCC[C@H](OCC(=O)N[C@H](C(=O)N7C[C@H](O)C[C@H]7C(=O)N[C@@H](C)c7ccc(-c8ccccc8F)cc7)C(C)(C)C)C6)CC5)nc4c3F)c12. The number of carbonyl (C=O) groups excluding carboxylic acids is 3. The van der Waals surface area contributed by atoms with Gasteiger partial charge in [0.1, 0.15) is 53.1 Å². The summed E-state index contributed by atoms with van der Waals surface area (Å²) in [4.78, 5) is 62.1. The van der Waals surface area contributed by atoms with Crippen LogP contribution in [0, 0.1) is 28.3 Å². The van der Waals surface area contributed by atoms with E-state index in [1.807, 2.05) is 46.8 Å². The van der Waals surface area contributed by atoms with Crippen LogP contribution in [0.4, 0.5) is 19.0 Å². The molecular weight excluding hydrogens is 1040 g/mol. The van der Waals surface area contributed by atoms with Gasteiger partial charge in [-0.15, -0.1) is 0 Å². The number of hydrogen-bond donors (Lipinski definition) is 5. The van der Waals surface area contributed by atoms with Gasteiger partial charge in [-0.3, -0.25) is 19.4 Å². The highest BCUT2D eigenvalue weighted by molar-refractivity contribution is 6.02. The number of anilines is 1. The lowest BCUT2D eigenvalue weighted by Crippen LogP contribution is -2.58. The lowest BCUT2D eigenvalue weighted by molar-refractivity contribution is -0.145. The Hall–Kier alpha value is -6.93. The second-order valence-electron chi connectivity index (χ2n) is 24.2. The van der Waals surface area contributed by atoms with Crippen molar-refractivity contribution in [3.8, 4) is 34.1 Å². The molecule has 428 valence electrons. The molecule has 2 unspecified atom stereocenters. The van der Waals surface area contributed by atoms with Crippen molar-refractivity contribution >= 4 is 45.2 Å². The Balaban J connectivity index is 0.727. The van der Waals surface area contributed by atoms with Crippen molar-refractivity contribution in [1.29, 1.82) is 0 Å². The van der Waals surface area contributed by atoms with E-state index in [1.165, 1.54) is 29.2 Å². The van der Waals surface area contributed by atoms with Crippen molar-refractivity contribution in [2.75, 3.05) is 57.4 Å². The summed E-state index contributed by atoms with van der Waals surface area (Å²) >= 11 is 0. The van der Waals surface area contributed by atoms with Crippen LogP contribution in [-0.2, 0) is 25.5 Å². The zero-order chi connectivity index (χ0) is 56.9. The molecule has 81 heavy (non-hydrogen) atoms. The molecule has 5 fully saturated rings. The molecule has 16 nitrogen and oxygen atoms in total. The van der Waals surface area contributed by atoms with Gasteiger partial charge >= 0.3 is 6.01 Å². The Kier molecular flexibility index (Phi) is 15.7. The van der Waals surface area contributed by atoms with Crippen LogP contribution in [0.1, 0.15) is 96.7 Å². The van der Waals surface area contributed by atoms with Gasteiger partial charge in [0.15, 0.2) is 5.82 Å². The van der Waals surface area contributed by atoms with Gasteiger partial charge < -0.3 is 50.3 Å². The number of aromatic hydroxyl groups is 1. The number of fused-ring (bicyclic) bond motifs is 4. The molecule has 7 atom stereocenters. The highest BCUT2D eigenvalue weighted by atomic mass is 19.1. The number of nitrogens with one attached hydrogen (secondary N) is 3. The number of hydrogen-bond acceptors (Lipinski definition) is 13. The Morgan fingerprint density at radius 1 is 0.901 bits per heavy atom. The smallest absolute Gasteiger partial charge is 0.319 e. The summed E-state index contributed by atoms with van der Waals surface area (Å²) < 4.78 is 59.7. The Morgan fingerprint density at radius 2 is 1.65 bits per heavy atom. The maximum absolute atomic E-state index is 17.3. The molecule has 2 aromatic heterocycles. The van der Waals surface area contributed by atoms with Crippen molar-refractivity contribution in [1.82, 2.24) is 40.7 Å². The van der Waals surface area contributed by atoms with E-state index in [1.54, 1.807) is 42.6 Å². The van der Waals surface area contributed by atoms with Gasteiger partial charge in [0.05, 0.1) is 30.2 Å². The molecule has 11 rings (SSSR count). The number of carbonyl (C=O) groups is 3. The number of halogens is 3. The second-order valence-corrected chi connectivity index (χ2v) is 24.2. The van der Waals surface area contributed by atoms with E-state index >= 15 is 8.78 Å². The Morgan fingerprint density at radius 3 is 2.37 bits per heavy atom. The summed E-state index contributed by atoms with van der Waals surface area (Å²) in [5, 5.41) is 32.6. The lowest BCUT2D eigenvalue weighted by atomic mass is 9.85. The zero-order valence-electron chi connectivity index (χ0n) is 46.6. The summed E-state index contributed by atoms with van der Waals surface area (Å²) in [7, 11) is 0. The number of aliphatic hydroxyl groups is 1. The first-order valence-corrected chi connectivity index (χ1v) is 28.5. The molecule has 4 aromatic carbocycles. The summed E-state index contributed by atoms with van der Waals surface area (Å²) in [5.74, 6) is -2.43. The molecule has 19 heteroatoms. The first-order valence-electron chi connectivity index (χ1n) is 28.5. The number of amides is 3. The number of piperidine rings is 1. The summed E-state index contributed by atoms with van der Waals surface area (Å²) in [5.41, 5.74) is 1.58. The Bertz CT molecular complexity index is 3350. The van der Waals surface area contributed by atoms with E-state index in [-0.39, 0.29) is 84.1 Å². The second kappa shape index (κ2) is 22.8. The molecule has 6 aromatic rings. The fraction of sp³-hybridized carbons (Fsp3) is 0.484. The summed E-state index contributed by atoms with van der Waals surface area (Å²) in [6.45, 7) is 12.5. The van der Waals surface area contributed by atoms with Crippen LogP contribution in [0.5, 0.6) is 11.8 Å². The zero-order valence-corrected chi connectivity index (χ0v) is 46.6. The number of aromatic nitrogens is 3. The average Bonchev–Trinajstić information content (AvgIpc) is 4.05. The van der Waals surface area contributed by atoms with Crippen LogP contribution in [-0.4, -0.2) is 142 Å². The number of benzene rings is 4. The van der Waals surface area contributed by atoms with Gasteiger partial charge in [-0.05, 0) is 116 Å². The molecule has 4 aliphatic heterocycles. The standard InChI is InChI=1S/C62H72F3N9O7/c1-6-44-49(64)20-17-38-24-41(75)25-46(52(38)44)54-53(65)55-47(27-66-54)57(73-28-39-18-19-40(29-73)68-39)71-60(70-55)81-34-62(21-22-62)33-72-23-9-10-43(31-72)80-32-51(77)69-56(61(3,4)5)59(79)74-30-42(76)26-50(74)58(78)67-35(2)36-13-15-37(16-14-36)45-11-7-8-12-48(45)63/h7-8,11-17,20,24-25,27,35,39-40,42-43,50,56,68,75-76H,6,9-10,18-19,21-23,26,28-34H2,1-5H3,(H,67,78)(H,69,77)/t35-,39?,40?,42+,43-,50-,56+/m0/s1.